The fraction of sp³-hybridized carbons (Fsp3) is 0.154. The Bertz CT molecular complexity index is 671. The number of aryl methyl sites for hydroxylation is 1. The molecule has 1 aromatic carbocycles. The number of Topliss-reactive ketones (excluding diaryl/α,β-unsaturated/α-hetero) is 1. The molecule has 0 unspecified atom stereocenters. The Labute approximate surface area is 119 Å². The van der Waals surface area contributed by atoms with Crippen molar-refractivity contribution in [3.8, 4) is 0 Å². The summed E-state index contributed by atoms with van der Waals surface area (Å²) in [6, 6.07) is 4.38. The standard InChI is InChI=1S/C13H11N3O3S/c1-8-6-14-13(15-7-8)20-12-4-3-10(9(2)17)5-11(12)16(18)19/h3-7H,1-2H3. The van der Waals surface area contributed by atoms with Gasteiger partial charge in [-0.15, -0.1) is 0 Å². The number of hydrogen-bond donors (Lipinski definition) is 0. The van der Waals surface area contributed by atoms with Gasteiger partial charge >= 0.3 is 0 Å². The minimum atomic E-state index is -0.511. The third-order valence-electron chi connectivity index (χ3n) is 2.52. The van der Waals surface area contributed by atoms with E-state index >= 15 is 0 Å². The van der Waals surface area contributed by atoms with E-state index in [1.165, 1.54) is 13.0 Å². The van der Waals surface area contributed by atoms with Crippen LogP contribution < -0.4 is 0 Å². The highest BCUT2D eigenvalue weighted by Gasteiger charge is 2.18. The smallest absolute Gasteiger partial charge is 0.284 e. The summed E-state index contributed by atoms with van der Waals surface area (Å²) in [6.45, 7) is 3.23. The molecule has 2 rings (SSSR count). The van der Waals surface area contributed by atoms with E-state index in [4.69, 9.17) is 0 Å². The van der Waals surface area contributed by atoms with Crippen molar-refractivity contribution >= 4 is 23.2 Å². The molecule has 102 valence electrons. The quantitative estimate of drug-likeness (QED) is 0.372. The summed E-state index contributed by atoms with van der Waals surface area (Å²) in [5.41, 5.74) is 1.11. The van der Waals surface area contributed by atoms with E-state index in [1.807, 2.05) is 6.92 Å². The highest BCUT2D eigenvalue weighted by molar-refractivity contribution is 7.99. The first-order valence-corrected chi connectivity index (χ1v) is 6.55. The van der Waals surface area contributed by atoms with Gasteiger partial charge in [0.15, 0.2) is 10.9 Å². The number of rotatable bonds is 4. The lowest BCUT2D eigenvalue weighted by Crippen LogP contribution is -1.97. The summed E-state index contributed by atoms with van der Waals surface area (Å²) in [7, 11) is 0. The van der Waals surface area contributed by atoms with E-state index in [2.05, 4.69) is 9.97 Å². The van der Waals surface area contributed by atoms with Crippen LogP contribution >= 0.6 is 11.8 Å². The second-order valence-corrected chi connectivity index (χ2v) is 5.15. The number of nitro benzene ring substituents is 1. The Morgan fingerprint density at radius 2 is 1.95 bits per heavy atom. The molecule has 0 aliphatic carbocycles. The van der Waals surface area contributed by atoms with Crippen molar-refractivity contribution in [3.63, 3.8) is 0 Å². The molecule has 0 radical (unpaired) electrons. The fourth-order valence-corrected chi connectivity index (χ4v) is 2.28. The molecule has 2 aromatic rings. The third kappa shape index (κ3) is 3.18. The van der Waals surface area contributed by atoms with Crippen LogP contribution in [0.5, 0.6) is 0 Å². The summed E-state index contributed by atoms with van der Waals surface area (Å²) in [5, 5.41) is 11.5. The van der Waals surface area contributed by atoms with Gasteiger partial charge in [-0.2, -0.15) is 0 Å². The van der Waals surface area contributed by atoms with Crippen molar-refractivity contribution in [1.82, 2.24) is 9.97 Å². The topological polar surface area (TPSA) is 86.0 Å². The zero-order chi connectivity index (χ0) is 14.7. The lowest BCUT2D eigenvalue weighted by atomic mass is 10.1. The SMILES string of the molecule is CC(=O)c1ccc(Sc2ncc(C)cn2)c([N+](=O)[O-])c1. The predicted octanol–water partition coefficient (Wildman–Crippen LogP) is 3.05. The van der Waals surface area contributed by atoms with Crippen LogP contribution in [0.2, 0.25) is 0 Å². The second-order valence-electron chi connectivity index (χ2n) is 4.14. The van der Waals surface area contributed by atoms with E-state index in [0.717, 1.165) is 17.3 Å². The van der Waals surface area contributed by atoms with Gasteiger partial charge < -0.3 is 0 Å². The first-order chi connectivity index (χ1) is 9.47. The predicted molar refractivity (Wildman–Crippen MR) is 74.0 cm³/mol. The number of nitrogens with zero attached hydrogens (tertiary/aromatic N) is 3. The molecule has 0 amide bonds. The molecule has 1 heterocycles. The van der Waals surface area contributed by atoms with Crippen LogP contribution in [0.3, 0.4) is 0 Å². The Kier molecular flexibility index (Phi) is 4.09. The van der Waals surface area contributed by atoms with Crippen molar-refractivity contribution in [2.24, 2.45) is 0 Å². The van der Waals surface area contributed by atoms with E-state index in [1.54, 1.807) is 24.5 Å². The van der Waals surface area contributed by atoms with E-state index < -0.39 is 4.92 Å². The molecule has 20 heavy (non-hydrogen) atoms. The molecule has 6 nitrogen and oxygen atoms in total. The molecule has 0 aliphatic heterocycles. The minimum Gasteiger partial charge on any atom is -0.295 e. The first-order valence-electron chi connectivity index (χ1n) is 5.73. The van der Waals surface area contributed by atoms with Crippen LogP contribution in [0.4, 0.5) is 5.69 Å². The van der Waals surface area contributed by atoms with Gasteiger partial charge in [0.2, 0.25) is 0 Å². The van der Waals surface area contributed by atoms with Crippen LogP contribution in [0.15, 0.2) is 40.6 Å². The molecule has 0 aliphatic rings. The molecular weight excluding hydrogens is 278 g/mol. The maximum atomic E-state index is 11.3. The van der Waals surface area contributed by atoms with Crippen molar-refractivity contribution in [2.45, 2.75) is 23.9 Å². The van der Waals surface area contributed by atoms with Crippen LogP contribution in [0.25, 0.3) is 0 Å². The molecule has 0 bridgehead atoms. The van der Waals surface area contributed by atoms with Gasteiger partial charge in [0.25, 0.3) is 5.69 Å². The largest absolute Gasteiger partial charge is 0.295 e. The normalized spacial score (nSPS) is 10.3. The lowest BCUT2D eigenvalue weighted by molar-refractivity contribution is -0.387. The van der Waals surface area contributed by atoms with Gasteiger partial charge in [0.1, 0.15) is 0 Å². The van der Waals surface area contributed by atoms with E-state index in [9.17, 15) is 14.9 Å². The van der Waals surface area contributed by atoms with Gasteiger partial charge in [0, 0.05) is 24.0 Å². The average Bonchev–Trinajstić information content (AvgIpc) is 2.41. The molecule has 0 saturated carbocycles. The van der Waals surface area contributed by atoms with Gasteiger partial charge in [-0.05, 0) is 43.3 Å². The maximum Gasteiger partial charge on any atom is 0.284 e. The monoisotopic (exact) mass is 289 g/mol. The molecule has 7 heteroatoms. The Morgan fingerprint density at radius 3 is 2.50 bits per heavy atom. The zero-order valence-electron chi connectivity index (χ0n) is 10.9. The van der Waals surface area contributed by atoms with Crippen LogP contribution in [0, 0.1) is 17.0 Å². The summed E-state index contributed by atoms with van der Waals surface area (Å²) in [5.74, 6) is -0.212. The molecule has 0 N–H and O–H groups in total. The fourth-order valence-electron chi connectivity index (χ4n) is 1.50. The average molecular weight is 289 g/mol. The maximum absolute atomic E-state index is 11.3. The Balaban J connectivity index is 2.38. The zero-order valence-corrected chi connectivity index (χ0v) is 11.7. The summed E-state index contributed by atoms with van der Waals surface area (Å²) in [4.78, 5) is 30.4. The highest BCUT2D eigenvalue weighted by atomic mass is 32.2. The summed E-state index contributed by atoms with van der Waals surface area (Å²) >= 11 is 1.10. The number of nitro groups is 1. The van der Waals surface area contributed by atoms with E-state index in [0.29, 0.717) is 15.6 Å². The van der Waals surface area contributed by atoms with Crippen molar-refractivity contribution in [2.75, 3.05) is 0 Å². The molecule has 0 atom stereocenters. The van der Waals surface area contributed by atoms with Crippen LogP contribution in [0.1, 0.15) is 22.8 Å². The Morgan fingerprint density at radius 1 is 1.30 bits per heavy atom. The number of benzene rings is 1. The molecular formula is C13H11N3O3S. The molecule has 1 aromatic heterocycles. The minimum absolute atomic E-state index is 0.119. The molecule has 0 fully saturated rings. The van der Waals surface area contributed by atoms with Crippen molar-refractivity contribution in [1.29, 1.82) is 0 Å². The number of ketones is 1. The van der Waals surface area contributed by atoms with E-state index in [-0.39, 0.29) is 11.5 Å². The van der Waals surface area contributed by atoms with Gasteiger partial charge in [-0.3, -0.25) is 14.9 Å². The third-order valence-corrected chi connectivity index (χ3v) is 3.48. The number of hydrogen-bond acceptors (Lipinski definition) is 6. The van der Waals surface area contributed by atoms with Gasteiger partial charge in [-0.25, -0.2) is 9.97 Å². The number of carbonyl (C=O) groups is 1. The van der Waals surface area contributed by atoms with Gasteiger partial charge in [-0.1, -0.05) is 0 Å². The number of carbonyl (C=O) groups excluding carboxylic acids is 1. The van der Waals surface area contributed by atoms with Gasteiger partial charge in [0.05, 0.1) is 9.82 Å². The van der Waals surface area contributed by atoms with Crippen molar-refractivity contribution < 1.29 is 9.72 Å². The highest BCUT2D eigenvalue weighted by Crippen LogP contribution is 2.33. The van der Waals surface area contributed by atoms with Crippen LogP contribution in [-0.4, -0.2) is 20.7 Å². The number of aromatic nitrogens is 2. The summed E-state index contributed by atoms with van der Waals surface area (Å²) in [6.07, 6.45) is 3.29. The first kappa shape index (κ1) is 14.1. The Hall–Kier alpha value is -2.28. The molecule has 0 saturated heterocycles. The van der Waals surface area contributed by atoms with Crippen LogP contribution in [-0.2, 0) is 0 Å². The van der Waals surface area contributed by atoms with Crippen molar-refractivity contribution in [3.05, 3.63) is 51.8 Å². The second kappa shape index (κ2) is 5.79. The lowest BCUT2D eigenvalue weighted by Gasteiger charge is -2.03. The molecule has 0 spiro atoms. The summed E-state index contributed by atoms with van der Waals surface area (Å²) < 4.78 is 0.